The van der Waals surface area contributed by atoms with E-state index in [2.05, 4.69) is 4.74 Å². The van der Waals surface area contributed by atoms with Gasteiger partial charge in [-0.15, -0.1) is 0 Å². The predicted octanol–water partition coefficient (Wildman–Crippen LogP) is 4.20. The summed E-state index contributed by atoms with van der Waals surface area (Å²) in [5.41, 5.74) is -3.82. The molecule has 0 heterocycles. The third-order valence-electron chi connectivity index (χ3n) is 1.93. The molecule has 0 aliphatic heterocycles. The summed E-state index contributed by atoms with van der Waals surface area (Å²) in [6.45, 7) is -2.04. The van der Waals surface area contributed by atoms with Crippen LogP contribution in [0.15, 0.2) is 0 Å². The fourth-order valence-electron chi connectivity index (χ4n) is 0.926. The van der Waals surface area contributed by atoms with Gasteiger partial charge in [-0.2, -0.15) is 16.0 Å². The smallest absolute Gasteiger partial charge is 0.389 e. The first-order valence-corrected chi connectivity index (χ1v) is 4.34. The summed E-state index contributed by atoms with van der Waals surface area (Å²) in [7, 11) is 2.16. The van der Waals surface area contributed by atoms with Crippen LogP contribution in [0.5, 0.6) is 0 Å². The van der Waals surface area contributed by atoms with Gasteiger partial charge < -0.3 is 13.5 Å². The van der Waals surface area contributed by atoms with Crippen molar-refractivity contribution in [3.63, 3.8) is 0 Å². The molecule has 0 aromatic carbocycles. The number of hydrogen-bond donors (Lipinski definition) is 0. The van der Waals surface area contributed by atoms with Gasteiger partial charge >= 0.3 is 6.11 Å². The van der Waals surface area contributed by atoms with E-state index in [9.17, 15) is 35.1 Å². The van der Waals surface area contributed by atoms with E-state index in [-0.39, 0.29) is 39.6 Å². The van der Waals surface area contributed by atoms with E-state index < -0.39 is 37.0 Å². The van der Waals surface area contributed by atoms with Gasteiger partial charge in [-0.05, 0) is 6.92 Å². The Kier molecular flexibility index (Phi) is 12.2. The zero-order valence-electron chi connectivity index (χ0n) is 10.1. The molecule has 0 saturated carbocycles. The van der Waals surface area contributed by atoms with Gasteiger partial charge in [0.1, 0.15) is 0 Å². The molecular weight excluding hydrogens is 365 g/mol. The first kappa shape index (κ1) is 24.5. The largest absolute Gasteiger partial charge is 0.463 e. The quantitative estimate of drug-likeness (QED) is 0.498. The van der Waals surface area contributed by atoms with E-state index >= 15 is 0 Å². The Balaban J connectivity index is -0.000000809. The Morgan fingerprint density at radius 3 is 1.74 bits per heavy atom. The van der Waals surface area contributed by atoms with E-state index in [0.717, 1.165) is 0 Å². The van der Waals surface area contributed by atoms with Crippen LogP contribution in [0.2, 0.25) is 0 Å². The van der Waals surface area contributed by atoms with E-state index in [1.807, 2.05) is 0 Å². The molecule has 0 aliphatic carbocycles. The van der Waals surface area contributed by atoms with Crippen molar-refractivity contribution in [1.82, 2.24) is 0 Å². The predicted molar refractivity (Wildman–Crippen MR) is 47.8 cm³/mol. The molecule has 1 radical (unpaired) electrons. The molecule has 0 rings (SSSR count). The summed E-state index contributed by atoms with van der Waals surface area (Å²) in [6.07, 6.45) is -9.23. The molecule has 0 fully saturated rings. The zero-order valence-corrected chi connectivity index (χ0v) is 13.0. The Bertz CT molecular complexity index is 236. The fraction of sp³-hybridized carbons (Fsp3) is 0.778. The number of rotatable bonds is 6. The molecule has 1 unspecified atom stereocenters. The van der Waals surface area contributed by atoms with Crippen molar-refractivity contribution < 1.29 is 72.6 Å². The van der Waals surface area contributed by atoms with Crippen LogP contribution in [-0.2, 0) is 37.4 Å². The summed E-state index contributed by atoms with van der Waals surface area (Å²) >= 11 is 0. The molecule has 19 heavy (non-hydrogen) atoms. The van der Waals surface area contributed by atoms with Gasteiger partial charge in [0.25, 0.3) is 0 Å². The van der Waals surface area contributed by atoms with E-state index in [4.69, 9.17) is 0 Å². The van der Waals surface area contributed by atoms with Crippen molar-refractivity contribution >= 4 is 0 Å². The molecular formula is C9H12F8OY-2. The Labute approximate surface area is 130 Å². The Morgan fingerprint density at radius 1 is 1.11 bits per heavy atom. The van der Waals surface area contributed by atoms with Crippen molar-refractivity contribution in [2.24, 2.45) is 0 Å². The number of hydrogen-bond acceptors (Lipinski definition) is 1. The van der Waals surface area contributed by atoms with Crippen LogP contribution in [0, 0.1) is 13.3 Å². The average molecular weight is 377 g/mol. The molecule has 10 heteroatoms. The second kappa shape index (κ2) is 9.44. The van der Waals surface area contributed by atoms with Gasteiger partial charge in [-0.3, -0.25) is 4.39 Å². The minimum atomic E-state index is -4.61. The third kappa shape index (κ3) is 7.17. The van der Waals surface area contributed by atoms with Gasteiger partial charge in [0.15, 0.2) is 5.92 Å². The van der Waals surface area contributed by atoms with Gasteiger partial charge in [-0.25, -0.2) is 13.2 Å². The first-order valence-electron chi connectivity index (χ1n) is 4.34. The second-order valence-electron chi connectivity index (χ2n) is 3.34. The van der Waals surface area contributed by atoms with E-state index in [1.54, 1.807) is 7.18 Å². The zero-order chi connectivity index (χ0) is 15.2. The molecule has 0 amide bonds. The van der Waals surface area contributed by atoms with E-state index in [1.165, 1.54) is 0 Å². The SMILES string of the molecule is COC(F)(F)C(C)(F)CC(F)(F)[C-](F)CF.[CH2-]F.[Y]. The molecule has 0 spiro atoms. The summed E-state index contributed by atoms with van der Waals surface area (Å²) < 4.78 is 100. The number of ether oxygens (including phenoxy) is 1. The maximum absolute atomic E-state index is 13.2. The summed E-state index contributed by atoms with van der Waals surface area (Å²) in [5.74, 6) is -4.61. The van der Waals surface area contributed by atoms with Crippen LogP contribution in [-0.4, -0.2) is 31.5 Å². The van der Waals surface area contributed by atoms with Crippen LogP contribution in [0.4, 0.5) is 35.1 Å². The molecule has 0 aromatic heterocycles. The third-order valence-corrected chi connectivity index (χ3v) is 1.93. The molecule has 0 aliphatic rings. The van der Waals surface area contributed by atoms with Gasteiger partial charge in [0.05, 0.1) is 0 Å². The van der Waals surface area contributed by atoms with Crippen LogP contribution in [0.3, 0.4) is 0 Å². The van der Waals surface area contributed by atoms with Crippen LogP contribution < -0.4 is 0 Å². The van der Waals surface area contributed by atoms with Gasteiger partial charge in [0, 0.05) is 52.9 Å². The van der Waals surface area contributed by atoms with Gasteiger partial charge in [0.2, 0.25) is 5.67 Å². The summed E-state index contributed by atoms with van der Waals surface area (Å²) in [5, 5.41) is 0. The van der Waals surface area contributed by atoms with Crippen LogP contribution >= 0.6 is 0 Å². The van der Waals surface area contributed by atoms with E-state index in [0.29, 0.717) is 7.11 Å². The average Bonchev–Trinajstić information content (AvgIpc) is 2.28. The van der Waals surface area contributed by atoms with Crippen molar-refractivity contribution in [2.75, 3.05) is 13.8 Å². The molecule has 0 bridgehead atoms. The number of methoxy groups -OCH3 is 1. The summed E-state index contributed by atoms with van der Waals surface area (Å²) in [6, 6.07) is 0. The van der Waals surface area contributed by atoms with Crippen molar-refractivity contribution in [3.8, 4) is 0 Å². The van der Waals surface area contributed by atoms with Gasteiger partial charge in [-0.1, -0.05) is 6.17 Å². The number of alkyl halides is 6. The Morgan fingerprint density at radius 2 is 1.47 bits per heavy atom. The number of halogens is 8. The Hall–Kier alpha value is 0.504. The molecule has 0 N–H and O–H groups in total. The summed E-state index contributed by atoms with van der Waals surface area (Å²) in [4.78, 5) is 0. The topological polar surface area (TPSA) is 9.23 Å². The van der Waals surface area contributed by atoms with Crippen LogP contribution in [0.25, 0.3) is 0 Å². The van der Waals surface area contributed by atoms with Crippen molar-refractivity contribution in [3.05, 3.63) is 13.3 Å². The second-order valence-corrected chi connectivity index (χ2v) is 3.34. The molecule has 0 aromatic rings. The fourth-order valence-corrected chi connectivity index (χ4v) is 0.926. The molecule has 1 atom stereocenters. The van der Waals surface area contributed by atoms with Crippen LogP contribution in [0.1, 0.15) is 13.3 Å². The molecule has 0 saturated heterocycles. The van der Waals surface area contributed by atoms with Crippen molar-refractivity contribution in [2.45, 2.75) is 31.0 Å². The maximum Gasteiger partial charge on any atom is 0.389 e. The standard InChI is InChI=1S/C8H10F7O.CH2F.Y/c1-6(11,8(14,15)16-2)4-7(12,13)5(10)3-9;1-2;/h3-4H2,1-2H3;1H2;/q2*-1;. The first-order chi connectivity index (χ1) is 8.00. The maximum atomic E-state index is 13.2. The minimum absolute atomic E-state index is 0. The normalized spacial score (nSPS) is 15.2. The van der Waals surface area contributed by atoms with Crippen molar-refractivity contribution in [1.29, 1.82) is 0 Å². The monoisotopic (exact) mass is 377 g/mol. The molecule has 1 nitrogen and oxygen atoms in total. The molecule has 115 valence electrons. The minimum Gasteiger partial charge on any atom is -0.463 e.